The number of fused-ring (bicyclic) bond motifs is 1. The number of imidazole rings is 1. The first-order valence-electron chi connectivity index (χ1n) is 5.22. The van der Waals surface area contributed by atoms with Crippen molar-refractivity contribution in [1.29, 1.82) is 0 Å². The number of hydrogen-bond donors (Lipinski definition) is 0. The Morgan fingerprint density at radius 1 is 0.947 bits per heavy atom. The molecule has 104 valence electrons. The molecule has 0 bridgehead atoms. The normalized spacial score (nSPS) is 12.2. The van der Waals surface area contributed by atoms with Gasteiger partial charge in [0.15, 0.2) is 16.0 Å². The second-order valence-corrected chi connectivity index (χ2v) is 6.66. The van der Waals surface area contributed by atoms with Crippen LogP contribution >= 0.6 is 58.0 Å². The van der Waals surface area contributed by atoms with Crippen molar-refractivity contribution in [3.63, 3.8) is 0 Å². The van der Waals surface area contributed by atoms with E-state index in [9.17, 15) is 0 Å². The van der Waals surface area contributed by atoms with Gasteiger partial charge >= 0.3 is 0 Å². The van der Waals surface area contributed by atoms with Crippen molar-refractivity contribution < 1.29 is 4.74 Å². The molecule has 2 heterocycles. The highest BCUT2D eigenvalue weighted by Crippen LogP contribution is 2.43. The Bertz CT molecular complexity index is 660. The van der Waals surface area contributed by atoms with E-state index in [0.717, 1.165) is 0 Å². The van der Waals surface area contributed by atoms with Crippen LogP contribution in [-0.2, 0) is 0 Å². The smallest absolute Gasteiger partial charge is 0.222 e. The summed E-state index contributed by atoms with van der Waals surface area (Å²) in [4.78, 5) is 4.05. The maximum absolute atomic E-state index is 6.17. The third kappa shape index (κ3) is 2.72. The zero-order valence-electron chi connectivity index (χ0n) is 10.2. The molecule has 2 aromatic rings. The van der Waals surface area contributed by atoms with Crippen LogP contribution in [-0.4, -0.2) is 15.0 Å². The third-order valence-electron chi connectivity index (χ3n) is 2.16. The van der Waals surface area contributed by atoms with Crippen molar-refractivity contribution in [3.8, 4) is 5.88 Å². The van der Waals surface area contributed by atoms with Gasteiger partial charge in [-0.25, -0.2) is 9.38 Å². The Morgan fingerprint density at radius 2 is 1.53 bits per heavy atom. The van der Waals surface area contributed by atoms with E-state index >= 15 is 0 Å². The molecule has 0 amide bonds. The van der Waals surface area contributed by atoms with Gasteiger partial charge in [-0.3, -0.25) is 0 Å². The first kappa shape index (κ1) is 15.3. The summed E-state index contributed by atoms with van der Waals surface area (Å²) < 4.78 is 7.22. The topological polar surface area (TPSA) is 26.5 Å². The minimum absolute atomic E-state index is 0.0978. The van der Waals surface area contributed by atoms with Crippen LogP contribution in [0.1, 0.15) is 20.8 Å². The first-order chi connectivity index (χ1) is 8.63. The van der Waals surface area contributed by atoms with Crippen molar-refractivity contribution in [2.24, 2.45) is 0 Å². The molecule has 2 aromatic heterocycles. The maximum atomic E-state index is 6.17. The molecule has 0 atom stereocenters. The molecule has 0 unspecified atom stereocenters. The van der Waals surface area contributed by atoms with Gasteiger partial charge in [-0.15, -0.1) is 0 Å². The van der Waals surface area contributed by atoms with Gasteiger partial charge in [0.2, 0.25) is 5.88 Å². The fourth-order valence-corrected chi connectivity index (χ4v) is 2.49. The van der Waals surface area contributed by atoms with Gasteiger partial charge in [-0.1, -0.05) is 58.0 Å². The highest BCUT2D eigenvalue weighted by molar-refractivity contribution is 6.50. The molecular weight excluding hydrogens is 353 g/mol. The quantitative estimate of drug-likeness (QED) is 0.643. The van der Waals surface area contributed by atoms with Crippen LogP contribution < -0.4 is 4.74 Å². The van der Waals surface area contributed by atoms with E-state index in [1.54, 1.807) is 0 Å². The van der Waals surface area contributed by atoms with Gasteiger partial charge in [0.05, 0.1) is 5.02 Å². The lowest BCUT2D eigenvalue weighted by Gasteiger charge is -2.23. The lowest BCUT2D eigenvalue weighted by atomic mass is 10.2. The van der Waals surface area contributed by atoms with Gasteiger partial charge in [0.1, 0.15) is 15.6 Å². The lowest BCUT2D eigenvalue weighted by molar-refractivity contribution is 0.122. The predicted molar refractivity (Wildman–Crippen MR) is 80.6 cm³/mol. The van der Waals surface area contributed by atoms with Crippen LogP contribution in [0.3, 0.4) is 0 Å². The summed E-state index contributed by atoms with van der Waals surface area (Å²) in [6, 6.07) is 0. The predicted octanol–water partition coefficient (Wildman–Crippen LogP) is 5.78. The second-order valence-electron chi connectivity index (χ2n) is 4.81. The largest absolute Gasteiger partial charge is 0.472 e. The standard InChI is InChI=1S/C11H9Cl5N2O/c1-11(2,3)19-10-6(14)4(12)5(13)9-17-7(15)8(16)18(9)10/h1-3H3. The summed E-state index contributed by atoms with van der Waals surface area (Å²) >= 11 is 30.3. The Labute approximate surface area is 135 Å². The molecule has 0 N–H and O–H groups in total. The summed E-state index contributed by atoms with van der Waals surface area (Å²) in [6.45, 7) is 5.60. The molecule has 19 heavy (non-hydrogen) atoms. The van der Waals surface area contributed by atoms with Crippen LogP contribution in [0.2, 0.25) is 25.4 Å². The summed E-state index contributed by atoms with van der Waals surface area (Å²) in [6.07, 6.45) is 0. The molecule has 0 aliphatic carbocycles. The summed E-state index contributed by atoms with van der Waals surface area (Å²) in [7, 11) is 0. The van der Waals surface area contributed by atoms with E-state index in [-0.39, 0.29) is 31.3 Å². The zero-order chi connectivity index (χ0) is 14.5. The van der Waals surface area contributed by atoms with E-state index in [1.165, 1.54) is 4.40 Å². The summed E-state index contributed by atoms with van der Waals surface area (Å²) in [5.74, 6) is 0.253. The number of hydrogen-bond acceptors (Lipinski definition) is 2. The minimum Gasteiger partial charge on any atom is -0.472 e. The Kier molecular flexibility index (Phi) is 4.07. The molecule has 0 radical (unpaired) electrons. The Hall–Kier alpha value is -0.0600. The van der Waals surface area contributed by atoms with Gasteiger partial charge in [-0.2, -0.15) is 0 Å². The third-order valence-corrected chi connectivity index (χ3v) is 4.15. The van der Waals surface area contributed by atoms with Gasteiger partial charge in [0.25, 0.3) is 0 Å². The lowest BCUT2D eigenvalue weighted by Crippen LogP contribution is -2.24. The monoisotopic (exact) mass is 360 g/mol. The van der Waals surface area contributed by atoms with Gasteiger partial charge < -0.3 is 4.74 Å². The fraction of sp³-hybridized carbons (Fsp3) is 0.364. The average Bonchev–Trinajstić information content (AvgIpc) is 2.58. The van der Waals surface area contributed by atoms with E-state index in [0.29, 0.717) is 5.65 Å². The van der Waals surface area contributed by atoms with Crippen molar-refractivity contribution in [1.82, 2.24) is 9.38 Å². The number of aromatic nitrogens is 2. The Balaban J connectivity index is 2.88. The number of rotatable bonds is 1. The SMILES string of the molecule is CC(C)(C)Oc1c(Cl)c(Cl)c(Cl)c2nc(Cl)c(Cl)n12. The van der Waals surface area contributed by atoms with Crippen molar-refractivity contribution in [2.75, 3.05) is 0 Å². The second kappa shape index (κ2) is 5.05. The minimum atomic E-state index is -0.506. The van der Waals surface area contributed by atoms with Gasteiger partial charge in [0, 0.05) is 0 Å². The molecule has 0 fully saturated rings. The zero-order valence-corrected chi connectivity index (χ0v) is 14.0. The highest BCUT2D eigenvalue weighted by atomic mass is 35.5. The van der Waals surface area contributed by atoms with Crippen molar-refractivity contribution in [3.05, 3.63) is 25.4 Å². The van der Waals surface area contributed by atoms with Crippen molar-refractivity contribution >= 4 is 63.7 Å². The van der Waals surface area contributed by atoms with E-state index in [1.807, 2.05) is 20.8 Å². The highest BCUT2D eigenvalue weighted by Gasteiger charge is 2.25. The molecule has 8 heteroatoms. The molecule has 2 rings (SSSR count). The average molecular weight is 362 g/mol. The van der Waals surface area contributed by atoms with Crippen LogP contribution in [0, 0.1) is 0 Å². The van der Waals surface area contributed by atoms with Crippen LogP contribution in [0.4, 0.5) is 0 Å². The molecule has 0 saturated carbocycles. The van der Waals surface area contributed by atoms with Crippen LogP contribution in [0.25, 0.3) is 5.65 Å². The number of halogens is 5. The summed E-state index contributed by atoms with van der Waals surface area (Å²) in [5, 5.41) is 0.734. The fourth-order valence-electron chi connectivity index (χ4n) is 1.47. The molecule has 0 aliphatic heterocycles. The number of pyridine rings is 1. The van der Waals surface area contributed by atoms with E-state index < -0.39 is 5.60 Å². The van der Waals surface area contributed by atoms with Crippen LogP contribution in [0.5, 0.6) is 5.88 Å². The van der Waals surface area contributed by atoms with E-state index in [4.69, 9.17) is 62.7 Å². The molecule has 0 aromatic carbocycles. The van der Waals surface area contributed by atoms with Crippen molar-refractivity contribution in [2.45, 2.75) is 26.4 Å². The van der Waals surface area contributed by atoms with Crippen LogP contribution in [0.15, 0.2) is 0 Å². The molecule has 0 saturated heterocycles. The molecular formula is C11H9Cl5N2O. The van der Waals surface area contributed by atoms with E-state index in [2.05, 4.69) is 4.98 Å². The summed E-state index contributed by atoms with van der Waals surface area (Å²) in [5.41, 5.74) is -0.210. The Morgan fingerprint density at radius 3 is 2.05 bits per heavy atom. The molecule has 0 aliphatic rings. The molecule has 0 spiro atoms. The van der Waals surface area contributed by atoms with Gasteiger partial charge in [-0.05, 0) is 20.8 Å². The number of ether oxygens (including phenoxy) is 1. The molecule has 3 nitrogen and oxygen atoms in total. The maximum Gasteiger partial charge on any atom is 0.222 e. The first-order valence-corrected chi connectivity index (χ1v) is 7.11. The number of nitrogens with zero attached hydrogens (tertiary/aromatic N) is 2.